The average molecular weight is 248 g/mol. The highest BCUT2D eigenvalue weighted by atomic mass is 16.2. The topological polar surface area (TPSA) is 46.3 Å². The van der Waals surface area contributed by atoms with Crippen LogP contribution >= 0.6 is 0 Å². The van der Waals surface area contributed by atoms with Gasteiger partial charge in [-0.3, -0.25) is 4.79 Å². The van der Waals surface area contributed by atoms with Crippen LogP contribution in [0, 0.1) is 0 Å². The lowest BCUT2D eigenvalue weighted by Gasteiger charge is -2.18. The van der Waals surface area contributed by atoms with Gasteiger partial charge in [0.2, 0.25) is 5.91 Å². The van der Waals surface area contributed by atoms with Gasteiger partial charge in [0.1, 0.15) is 0 Å². The summed E-state index contributed by atoms with van der Waals surface area (Å²) in [6, 6.07) is 7.84. The fourth-order valence-electron chi connectivity index (χ4n) is 1.91. The molecule has 0 unspecified atom stereocenters. The third-order valence-corrected chi connectivity index (χ3v) is 3.15. The molecule has 0 aliphatic carbocycles. The Morgan fingerprint density at radius 2 is 2.06 bits per heavy atom. The molecule has 1 aromatic carbocycles. The van der Waals surface area contributed by atoms with E-state index in [0.29, 0.717) is 13.0 Å². The Balaban J connectivity index is 2.51. The quantitative estimate of drug-likeness (QED) is 0.754. The van der Waals surface area contributed by atoms with E-state index in [2.05, 4.69) is 6.92 Å². The zero-order chi connectivity index (χ0) is 13.4. The predicted octanol–water partition coefficient (Wildman–Crippen LogP) is 3.08. The highest BCUT2D eigenvalue weighted by molar-refractivity contribution is 5.92. The predicted molar refractivity (Wildman–Crippen MR) is 76.5 cm³/mol. The maximum atomic E-state index is 12.0. The molecule has 0 aromatic heterocycles. The van der Waals surface area contributed by atoms with Crippen molar-refractivity contribution in [3.63, 3.8) is 0 Å². The summed E-state index contributed by atoms with van der Waals surface area (Å²) in [7, 11) is 1.83. The smallest absolute Gasteiger partial charge is 0.226 e. The second kappa shape index (κ2) is 7.88. The van der Waals surface area contributed by atoms with Crippen LogP contribution in [-0.2, 0) is 11.3 Å². The standard InChI is InChI=1S/C15H24N2O/c1-3-4-5-6-10-15(18)17(2)14-9-7-8-13(11-14)12-16/h7-9,11H,3-6,10,12,16H2,1-2H3. The third kappa shape index (κ3) is 4.49. The van der Waals surface area contributed by atoms with E-state index in [9.17, 15) is 4.79 Å². The zero-order valence-electron chi connectivity index (χ0n) is 11.5. The van der Waals surface area contributed by atoms with Gasteiger partial charge in [-0.2, -0.15) is 0 Å². The molecule has 0 saturated carbocycles. The maximum absolute atomic E-state index is 12.0. The summed E-state index contributed by atoms with van der Waals surface area (Å²) in [5, 5.41) is 0. The number of amides is 1. The first-order valence-electron chi connectivity index (χ1n) is 6.74. The molecule has 1 aromatic rings. The van der Waals surface area contributed by atoms with Crippen molar-refractivity contribution in [1.82, 2.24) is 0 Å². The maximum Gasteiger partial charge on any atom is 0.226 e. The second-order valence-electron chi connectivity index (χ2n) is 4.64. The van der Waals surface area contributed by atoms with Crippen molar-refractivity contribution >= 4 is 11.6 Å². The normalized spacial score (nSPS) is 10.4. The van der Waals surface area contributed by atoms with Crippen molar-refractivity contribution in [2.75, 3.05) is 11.9 Å². The lowest BCUT2D eigenvalue weighted by molar-refractivity contribution is -0.118. The first-order valence-corrected chi connectivity index (χ1v) is 6.74. The Bertz CT molecular complexity index is 377. The van der Waals surface area contributed by atoms with E-state index in [0.717, 1.165) is 24.1 Å². The van der Waals surface area contributed by atoms with E-state index in [1.807, 2.05) is 31.3 Å². The van der Waals surface area contributed by atoms with E-state index < -0.39 is 0 Å². The van der Waals surface area contributed by atoms with Gasteiger partial charge in [-0.1, -0.05) is 38.3 Å². The molecule has 0 fully saturated rings. The highest BCUT2D eigenvalue weighted by Gasteiger charge is 2.10. The summed E-state index contributed by atoms with van der Waals surface area (Å²) in [5.74, 6) is 0.181. The number of hydrogen-bond acceptors (Lipinski definition) is 2. The Labute approximate surface area is 110 Å². The van der Waals surface area contributed by atoms with Crippen molar-refractivity contribution in [2.24, 2.45) is 5.73 Å². The molecular weight excluding hydrogens is 224 g/mol. The molecule has 0 atom stereocenters. The third-order valence-electron chi connectivity index (χ3n) is 3.15. The first-order chi connectivity index (χ1) is 8.69. The molecule has 0 saturated heterocycles. The molecule has 0 aliphatic rings. The minimum Gasteiger partial charge on any atom is -0.326 e. The van der Waals surface area contributed by atoms with Crippen LogP contribution < -0.4 is 10.6 Å². The highest BCUT2D eigenvalue weighted by Crippen LogP contribution is 2.16. The van der Waals surface area contributed by atoms with Crippen LogP contribution in [0.25, 0.3) is 0 Å². The van der Waals surface area contributed by atoms with Crippen LogP contribution in [0.3, 0.4) is 0 Å². The van der Waals surface area contributed by atoms with Gasteiger partial charge in [0, 0.05) is 25.7 Å². The molecule has 0 bridgehead atoms. The van der Waals surface area contributed by atoms with Crippen LogP contribution in [0.5, 0.6) is 0 Å². The van der Waals surface area contributed by atoms with Gasteiger partial charge in [0.15, 0.2) is 0 Å². The van der Waals surface area contributed by atoms with Crippen molar-refractivity contribution in [1.29, 1.82) is 0 Å². The Hall–Kier alpha value is -1.35. The zero-order valence-corrected chi connectivity index (χ0v) is 11.5. The molecule has 3 nitrogen and oxygen atoms in total. The number of carbonyl (C=O) groups excluding carboxylic acids is 1. The molecule has 18 heavy (non-hydrogen) atoms. The summed E-state index contributed by atoms with van der Waals surface area (Å²) in [6.45, 7) is 2.68. The second-order valence-corrected chi connectivity index (χ2v) is 4.64. The molecule has 0 spiro atoms. The van der Waals surface area contributed by atoms with Gasteiger partial charge in [-0.15, -0.1) is 0 Å². The largest absolute Gasteiger partial charge is 0.326 e. The lowest BCUT2D eigenvalue weighted by Crippen LogP contribution is -2.25. The van der Waals surface area contributed by atoms with Crippen molar-refractivity contribution in [3.05, 3.63) is 29.8 Å². The molecule has 0 aliphatic heterocycles. The summed E-state index contributed by atoms with van der Waals surface area (Å²) < 4.78 is 0. The van der Waals surface area contributed by atoms with Crippen molar-refractivity contribution in [3.8, 4) is 0 Å². The first kappa shape index (κ1) is 14.7. The molecule has 2 N–H and O–H groups in total. The van der Waals surface area contributed by atoms with E-state index in [1.165, 1.54) is 12.8 Å². The lowest BCUT2D eigenvalue weighted by atomic mass is 10.1. The van der Waals surface area contributed by atoms with Gasteiger partial charge in [-0.25, -0.2) is 0 Å². The fraction of sp³-hybridized carbons (Fsp3) is 0.533. The molecule has 0 heterocycles. The fourth-order valence-corrected chi connectivity index (χ4v) is 1.91. The van der Waals surface area contributed by atoms with E-state index in [4.69, 9.17) is 5.73 Å². The Morgan fingerprint density at radius 3 is 2.72 bits per heavy atom. The summed E-state index contributed by atoms with van der Waals surface area (Å²) in [4.78, 5) is 13.7. The number of benzene rings is 1. The van der Waals surface area contributed by atoms with E-state index in [1.54, 1.807) is 4.90 Å². The molecule has 1 amide bonds. The number of carbonyl (C=O) groups is 1. The van der Waals surface area contributed by atoms with Gasteiger partial charge >= 0.3 is 0 Å². The Morgan fingerprint density at radius 1 is 1.28 bits per heavy atom. The number of unbranched alkanes of at least 4 members (excludes halogenated alkanes) is 3. The van der Waals surface area contributed by atoms with E-state index >= 15 is 0 Å². The molecule has 1 rings (SSSR count). The van der Waals surface area contributed by atoms with Gasteiger partial charge in [0.05, 0.1) is 0 Å². The molecule has 100 valence electrons. The van der Waals surface area contributed by atoms with Crippen LogP contribution in [0.2, 0.25) is 0 Å². The molecule has 3 heteroatoms. The van der Waals surface area contributed by atoms with Gasteiger partial charge < -0.3 is 10.6 Å². The number of hydrogen-bond donors (Lipinski definition) is 1. The summed E-state index contributed by atoms with van der Waals surface area (Å²) >= 11 is 0. The monoisotopic (exact) mass is 248 g/mol. The summed E-state index contributed by atoms with van der Waals surface area (Å²) in [5.41, 5.74) is 7.59. The number of anilines is 1. The van der Waals surface area contributed by atoms with Crippen molar-refractivity contribution < 1.29 is 4.79 Å². The molecular formula is C15H24N2O. The van der Waals surface area contributed by atoms with Gasteiger partial charge in [0.25, 0.3) is 0 Å². The number of nitrogens with zero attached hydrogens (tertiary/aromatic N) is 1. The Kier molecular flexibility index (Phi) is 6.44. The van der Waals surface area contributed by atoms with Crippen molar-refractivity contribution in [2.45, 2.75) is 45.6 Å². The van der Waals surface area contributed by atoms with Crippen LogP contribution in [0.1, 0.15) is 44.6 Å². The van der Waals surface area contributed by atoms with Crippen LogP contribution in [-0.4, -0.2) is 13.0 Å². The van der Waals surface area contributed by atoms with E-state index in [-0.39, 0.29) is 5.91 Å². The SMILES string of the molecule is CCCCCCC(=O)N(C)c1cccc(CN)c1. The summed E-state index contributed by atoms with van der Waals surface area (Å²) in [6.07, 6.45) is 5.15. The van der Waals surface area contributed by atoms with Gasteiger partial charge in [-0.05, 0) is 24.1 Å². The average Bonchev–Trinajstić information content (AvgIpc) is 2.42. The molecule has 0 radical (unpaired) electrons. The van der Waals surface area contributed by atoms with Crippen LogP contribution in [0.4, 0.5) is 5.69 Å². The van der Waals surface area contributed by atoms with Crippen LogP contribution in [0.15, 0.2) is 24.3 Å². The minimum atomic E-state index is 0.181. The number of rotatable bonds is 7. The number of nitrogens with two attached hydrogens (primary N) is 1. The minimum absolute atomic E-state index is 0.181.